The maximum absolute atomic E-state index is 12.8. The largest absolute Gasteiger partial charge is 0.483 e. The molecule has 1 fully saturated rings. The molecule has 0 unspecified atom stereocenters. The van der Waals surface area contributed by atoms with Gasteiger partial charge in [0, 0.05) is 5.39 Å². The van der Waals surface area contributed by atoms with Gasteiger partial charge in [0.05, 0.1) is 0 Å². The molecule has 1 heterocycles. The molecule has 1 saturated heterocycles. The summed E-state index contributed by atoms with van der Waals surface area (Å²) in [5.74, 6) is -0.533. The molecule has 3 aromatic carbocycles. The molecule has 0 spiro atoms. The maximum Gasteiger partial charge on any atom is 0.344 e. The summed E-state index contributed by atoms with van der Waals surface area (Å²) in [7, 11) is 0. The first-order chi connectivity index (χ1) is 15.0. The third kappa shape index (κ3) is 4.35. The molecule has 0 saturated carbocycles. The van der Waals surface area contributed by atoms with Crippen LogP contribution in [-0.4, -0.2) is 35.0 Å². The zero-order chi connectivity index (χ0) is 21.8. The number of aryl methyl sites for hydroxylation is 1. The average molecular weight is 417 g/mol. The number of benzene rings is 3. The van der Waals surface area contributed by atoms with E-state index in [0.29, 0.717) is 18.6 Å². The van der Waals surface area contributed by atoms with Crippen molar-refractivity contribution in [3.8, 4) is 5.75 Å². The van der Waals surface area contributed by atoms with Crippen molar-refractivity contribution < 1.29 is 19.1 Å². The molecule has 4 amide bonds. The Balaban J connectivity index is 1.36. The highest BCUT2D eigenvalue weighted by Gasteiger charge is 2.48. The normalized spacial score (nSPS) is 18.2. The van der Waals surface area contributed by atoms with Crippen LogP contribution in [0.3, 0.4) is 0 Å². The van der Waals surface area contributed by atoms with E-state index in [0.717, 1.165) is 21.3 Å². The molecule has 31 heavy (non-hydrogen) atoms. The summed E-state index contributed by atoms with van der Waals surface area (Å²) in [6.07, 6.45) is 1.04. The van der Waals surface area contributed by atoms with Gasteiger partial charge in [0.25, 0.3) is 11.8 Å². The van der Waals surface area contributed by atoms with Gasteiger partial charge >= 0.3 is 6.03 Å². The Morgan fingerprint density at radius 2 is 1.71 bits per heavy atom. The number of fused-ring (bicyclic) bond motifs is 1. The predicted octanol–water partition coefficient (Wildman–Crippen LogP) is 3.19. The Morgan fingerprint density at radius 3 is 2.52 bits per heavy atom. The van der Waals surface area contributed by atoms with Crippen molar-refractivity contribution in [1.82, 2.24) is 15.8 Å². The van der Waals surface area contributed by atoms with E-state index in [9.17, 15) is 14.4 Å². The number of nitrogens with one attached hydrogen (secondary N) is 2. The number of imide groups is 1. The molecule has 1 aliphatic rings. The Bertz CT molecular complexity index is 1130. The van der Waals surface area contributed by atoms with Gasteiger partial charge in [0.2, 0.25) is 0 Å². The van der Waals surface area contributed by atoms with Crippen LogP contribution < -0.4 is 15.5 Å². The zero-order valence-corrected chi connectivity index (χ0v) is 17.1. The minimum Gasteiger partial charge on any atom is -0.483 e. The van der Waals surface area contributed by atoms with Crippen LogP contribution in [0.4, 0.5) is 4.79 Å². The van der Waals surface area contributed by atoms with Crippen LogP contribution in [0.15, 0.2) is 72.8 Å². The summed E-state index contributed by atoms with van der Waals surface area (Å²) < 4.78 is 5.64. The monoisotopic (exact) mass is 417 g/mol. The van der Waals surface area contributed by atoms with E-state index in [4.69, 9.17) is 4.74 Å². The first-order valence-corrected chi connectivity index (χ1v) is 10.1. The van der Waals surface area contributed by atoms with Gasteiger partial charge in [0.1, 0.15) is 11.3 Å². The summed E-state index contributed by atoms with van der Waals surface area (Å²) in [6, 6.07) is 22.3. The average Bonchev–Trinajstić information content (AvgIpc) is 3.00. The number of carbonyl (C=O) groups excluding carboxylic acids is 3. The van der Waals surface area contributed by atoms with Crippen molar-refractivity contribution >= 4 is 28.6 Å². The van der Waals surface area contributed by atoms with Gasteiger partial charge in [0.15, 0.2) is 6.61 Å². The molecule has 7 heteroatoms. The number of hydrogen-bond donors (Lipinski definition) is 2. The highest BCUT2D eigenvalue weighted by atomic mass is 16.5. The molecule has 0 aliphatic carbocycles. The van der Waals surface area contributed by atoms with E-state index < -0.39 is 23.4 Å². The van der Waals surface area contributed by atoms with Gasteiger partial charge < -0.3 is 10.1 Å². The molecule has 0 radical (unpaired) electrons. The number of amides is 4. The topological polar surface area (TPSA) is 87.7 Å². The Hall–Kier alpha value is -3.87. The standard InChI is InChI=1S/C24H23N3O4/c1-24(15-14-17-8-3-2-4-9-17)22(29)27(23(30)25-24)26-21(28)16-31-20-13-7-11-18-10-5-6-12-19(18)20/h2-13H,14-16H2,1H3,(H,25,30)(H,26,28)/t24-/m1/s1. The number of carbonyl (C=O) groups is 3. The maximum atomic E-state index is 12.8. The predicted molar refractivity (Wildman–Crippen MR) is 116 cm³/mol. The van der Waals surface area contributed by atoms with E-state index in [1.54, 1.807) is 13.0 Å². The van der Waals surface area contributed by atoms with Crippen LogP contribution in [0.2, 0.25) is 0 Å². The summed E-state index contributed by atoms with van der Waals surface area (Å²) in [6.45, 7) is 1.33. The SMILES string of the molecule is C[C@]1(CCc2ccccc2)NC(=O)N(NC(=O)COc2cccc3ccccc23)C1=O. The molecule has 158 valence electrons. The van der Waals surface area contributed by atoms with E-state index in [-0.39, 0.29) is 6.61 Å². The second-order valence-corrected chi connectivity index (χ2v) is 7.69. The lowest BCUT2D eigenvalue weighted by atomic mass is 9.93. The molecule has 1 atom stereocenters. The van der Waals surface area contributed by atoms with Gasteiger partial charge in [-0.15, -0.1) is 0 Å². The van der Waals surface area contributed by atoms with Gasteiger partial charge in [-0.3, -0.25) is 15.0 Å². The second-order valence-electron chi connectivity index (χ2n) is 7.69. The van der Waals surface area contributed by atoms with Crippen molar-refractivity contribution in [2.45, 2.75) is 25.3 Å². The minimum atomic E-state index is -1.09. The zero-order valence-electron chi connectivity index (χ0n) is 17.1. The summed E-state index contributed by atoms with van der Waals surface area (Å²) in [4.78, 5) is 37.5. The second kappa shape index (κ2) is 8.47. The van der Waals surface area contributed by atoms with Gasteiger partial charge in [-0.1, -0.05) is 66.7 Å². The number of urea groups is 1. The fourth-order valence-corrected chi connectivity index (χ4v) is 3.62. The fraction of sp³-hybridized carbons (Fsp3) is 0.208. The van der Waals surface area contributed by atoms with E-state index >= 15 is 0 Å². The van der Waals surface area contributed by atoms with Crippen LogP contribution in [0.5, 0.6) is 5.75 Å². The highest BCUT2D eigenvalue weighted by Crippen LogP contribution is 2.25. The Kier molecular flexibility index (Phi) is 5.58. The number of rotatable bonds is 7. The molecule has 2 N–H and O–H groups in total. The summed E-state index contributed by atoms with van der Waals surface area (Å²) >= 11 is 0. The van der Waals surface area contributed by atoms with Crippen molar-refractivity contribution in [3.63, 3.8) is 0 Å². The lowest BCUT2D eigenvalue weighted by molar-refractivity contribution is -0.139. The third-order valence-corrected chi connectivity index (χ3v) is 5.36. The first kappa shape index (κ1) is 20.4. The van der Waals surface area contributed by atoms with Crippen LogP contribution in [0, 0.1) is 0 Å². The lowest BCUT2D eigenvalue weighted by Crippen LogP contribution is -2.50. The van der Waals surface area contributed by atoms with E-state index in [1.165, 1.54) is 0 Å². The third-order valence-electron chi connectivity index (χ3n) is 5.36. The van der Waals surface area contributed by atoms with Crippen LogP contribution in [-0.2, 0) is 16.0 Å². The van der Waals surface area contributed by atoms with Crippen LogP contribution >= 0.6 is 0 Å². The lowest BCUT2D eigenvalue weighted by Gasteiger charge is -2.21. The molecule has 0 aromatic heterocycles. The molecule has 0 bridgehead atoms. The van der Waals surface area contributed by atoms with Crippen LogP contribution in [0.25, 0.3) is 10.8 Å². The molecule has 3 aromatic rings. The number of hydrazine groups is 1. The number of nitrogens with zero attached hydrogens (tertiary/aromatic N) is 1. The van der Waals surface area contributed by atoms with Crippen molar-refractivity contribution in [2.75, 3.05) is 6.61 Å². The van der Waals surface area contributed by atoms with Gasteiger partial charge in [-0.2, -0.15) is 5.01 Å². The molecule has 4 rings (SSSR count). The van der Waals surface area contributed by atoms with Crippen molar-refractivity contribution in [2.24, 2.45) is 0 Å². The van der Waals surface area contributed by atoms with E-state index in [1.807, 2.05) is 66.7 Å². The fourth-order valence-electron chi connectivity index (χ4n) is 3.62. The number of ether oxygens (including phenoxy) is 1. The quantitative estimate of drug-likeness (QED) is 0.578. The molecule has 1 aliphatic heterocycles. The van der Waals surface area contributed by atoms with E-state index in [2.05, 4.69) is 10.7 Å². The summed E-state index contributed by atoms with van der Waals surface area (Å²) in [5.41, 5.74) is 2.34. The minimum absolute atomic E-state index is 0.328. The molecule has 7 nitrogen and oxygen atoms in total. The molecular weight excluding hydrogens is 394 g/mol. The first-order valence-electron chi connectivity index (χ1n) is 10.1. The smallest absolute Gasteiger partial charge is 0.344 e. The molecular formula is C24H23N3O4. The van der Waals surface area contributed by atoms with Crippen LogP contribution in [0.1, 0.15) is 18.9 Å². The Morgan fingerprint density at radius 1 is 1.00 bits per heavy atom. The van der Waals surface area contributed by atoms with Gasteiger partial charge in [-0.25, -0.2) is 4.79 Å². The van der Waals surface area contributed by atoms with Crippen molar-refractivity contribution in [1.29, 1.82) is 0 Å². The van der Waals surface area contributed by atoms with Crippen molar-refractivity contribution in [3.05, 3.63) is 78.4 Å². The van der Waals surface area contributed by atoms with Gasteiger partial charge in [-0.05, 0) is 36.8 Å². The number of hydrogen-bond acceptors (Lipinski definition) is 4. The summed E-state index contributed by atoms with van der Waals surface area (Å²) in [5, 5.41) is 5.29. The Labute approximate surface area is 180 Å². The highest BCUT2D eigenvalue weighted by molar-refractivity contribution is 6.07.